The standard InChI is InChI=1S/C10H7ClN2O/c1-14-10-2-7-6(4-12)5-13-9(7)3-8(10)11/h2-3,5,13H,1H3. The summed E-state index contributed by atoms with van der Waals surface area (Å²) in [7, 11) is 1.55. The number of rotatable bonds is 1. The first-order chi connectivity index (χ1) is 6.76. The molecule has 0 amide bonds. The largest absolute Gasteiger partial charge is 0.495 e. The summed E-state index contributed by atoms with van der Waals surface area (Å²) < 4.78 is 5.07. The zero-order valence-electron chi connectivity index (χ0n) is 7.47. The van der Waals surface area contributed by atoms with Crippen LogP contribution in [0.1, 0.15) is 5.56 Å². The molecule has 1 aromatic carbocycles. The molecule has 0 fully saturated rings. The molecule has 14 heavy (non-hydrogen) atoms. The molecule has 0 aliphatic rings. The fraction of sp³-hybridized carbons (Fsp3) is 0.100. The summed E-state index contributed by atoms with van der Waals surface area (Å²) in [6.45, 7) is 0. The third kappa shape index (κ3) is 1.21. The molecule has 1 N–H and O–H groups in total. The number of nitrogens with zero attached hydrogens (tertiary/aromatic N) is 1. The molecule has 70 valence electrons. The number of nitrogens with one attached hydrogen (secondary N) is 1. The zero-order chi connectivity index (χ0) is 10.1. The molecular weight excluding hydrogens is 200 g/mol. The number of methoxy groups -OCH3 is 1. The van der Waals surface area contributed by atoms with Crippen LogP contribution in [0.25, 0.3) is 10.9 Å². The van der Waals surface area contributed by atoms with E-state index in [1.54, 1.807) is 25.4 Å². The minimum Gasteiger partial charge on any atom is -0.495 e. The second kappa shape index (κ2) is 3.24. The smallest absolute Gasteiger partial charge is 0.138 e. The van der Waals surface area contributed by atoms with E-state index in [1.165, 1.54) is 0 Å². The number of benzene rings is 1. The van der Waals surface area contributed by atoms with Gasteiger partial charge in [0.25, 0.3) is 0 Å². The van der Waals surface area contributed by atoms with Crippen molar-refractivity contribution in [1.82, 2.24) is 4.98 Å². The summed E-state index contributed by atoms with van der Waals surface area (Å²) in [6, 6.07) is 5.59. The number of ether oxygens (including phenoxy) is 1. The Morgan fingerprint density at radius 3 is 2.93 bits per heavy atom. The van der Waals surface area contributed by atoms with Crippen molar-refractivity contribution in [3.8, 4) is 11.8 Å². The van der Waals surface area contributed by atoms with Crippen LogP contribution in [0.4, 0.5) is 0 Å². The summed E-state index contributed by atoms with van der Waals surface area (Å²) in [5, 5.41) is 10.2. The van der Waals surface area contributed by atoms with Gasteiger partial charge in [0.15, 0.2) is 0 Å². The van der Waals surface area contributed by atoms with Gasteiger partial charge in [-0.2, -0.15) is 5.26 Å². The second-order valence-electron chi connectivity index (χ2n) is 2.85. The van der Waals surface area contributed by atoms with Gasteiger partial charge in [0, 0.05) is 17.1 Å². The number of fused-ring (bicyclic) bond motifs is 1. The summed E-state index contributed by atoms with van der Waals surface area (Å²) in [6.07, 6.45) is 1.65. The van der Waals surface area contributed by atoms with Crippen LogP contribution >= 0.6 is 11.6 Å². The van der Waals surface area contributed by atoms with Crippen LogP contribution in [0.2, 0.25) is 5.02 Å². The topological polar surface area (TPSA) is 48.8 Å². The van der Waals surface area contributed by atoms with Crippen LogP contribution in [-0.4, -0.2) is 12.1 Å². The van der Waals surface area contributed by atoms with Crippen LogP contribution in [0.15, 0.2) is 18.3 Å². The Kier molecular flexibility index (Phi) is 2.06. The summed E-state index contributed by atoms with van der Waals surface area (Å²) in [5.74, 6) is 0.579. The van der Waals surface area contributed by atoms with Crippen molar-refractivity contribution in [3.05, 3.63) is 28.9 Å². The van der Waals surface area contributed by atoms with Crippen molar-refractivity contribution in [2.24, 2.45) is 0 Å². The maximum atomic E-state index is 8.81. The Morgan fingerprint density at radius 2 is 2.29 bits per heavy atom. The van der Waals surface area contributed by atoms with Crippen molar-refractivity contribution >= 4 is 22.5 Å². The van der Waals surface area contributed by atoms with E-state index in [0.29, 0.717) is 16.3 Å². The quantitative estimate of drug-likeness (QED) is 0.780. The third-order valence-corrected chi connectivity index (χ3v) is 2.37. The molecule has 1 heterocycles. The molecule has 0 aliphatic heterocycles. The molecule has 4 heteroatoms. The van der Waals surface area contributed by atoms with Gasteiger partial charge in [-0.1, -0.05) is 11.6 Å². The molecule has 0 atom stereocenters. The molecule has 3 nitrogen and oxygen atoms in total. The average molecular weight is 207 g/mol. The van der Waals surface area contributed by atoms with E-state index in [4.69, 9.17) is 21.6 Å². The van der Waals surface area contributed by atoms with Crippen molar-refractivity contribution in [1.29, 1.82) is 5.26 Å². The highest BCUT2D eigenvalue weighted by Crippen LogP contribution is 2.30. The molecule has 0 radical (unpaired) electrons. The summed E-state index contributed by atoms with van der Waals surface area (Å²) >= 11 is 5.93. The zero-order valence-corrected chi connectivity index (χ0v) is 8.22. The van der Waals surface area contributed by atoms with E-state index in [2.05, 4.69) is 11.1 Å². The SMILES string of the molecule is COc1cc2c(C#N)c[nH]c2cc1Cl. The number of H-pyrrole nitrogens is 1. The van der Waals surface area contributed by atoms with Gasteiger partial charge in [-0.3, -0.25) is 0 Å². The van der Waals surface area contributed by atoms with E-state index in [1.807, 2.05) is 0 Å². The molecule has 0 bridgehead atoms. The molecule has 0 unspecified atom stereocenters. The summed E-state index contributed by atoms with van der Waals surface area (Å²) in [4.78, 5) is 2.97. The van der Waals surface area contributed by atoms with Gasteiger partial charge < -0.3 is 9.72 Å². The van der Waals surface area contributed by atoms with Gasteiger partial charge in [0.05, 0.1) is 17.7 Å². The molecule has 2 aromatic rings. The van der Waals surface area contributed by atoms with Crippen LogP contribution < -0.4 is 4.74 Å². The monoisotopic (exact) mass is 206 g/mol. The van der Waals surface area contributed by atoms with Crippen LogP contribution in [-0.2, 0) is 0 Å². The minimum atomic E-state index is 0.534. The van der Waals surface area contributed by atoms with Crippen LogP contribution in [0, 0.1) is 11.3 Å². The van der Waals surface area contributed by atoms with E-state index < -0.39 is 0 Å². The third-order valence-electron chi connectivity index (χ3n) is 2.07. The Hall–Kier alpha value is -1.66. The van der Waals surface area contributed by atoms with Gasteiger partial charge in [-0.25, -0.2) is 0 Å². The summed E-state index contributed by atoms with van der Waals surface area (Å²) in [5.41, 5.74) is 1.43. The molecule has 0 spiro atoms. The lowest BCUT2D eigenvalue weighted by Crippen LogP contribution is -1.84. The van der Waals surface area contributed by atoms with Crippen LogP contribution in [0.3, 0.4) is 0 Å². The first-order valence-corrected chi connectivity index (χ1v) is 4.38. The Bertz CT molecular complexity index is 525. The van der Waals surface area contributed by atoms with E-state index in [0.717, 1.165) is 10.9 Å². The Morgan fingerprint density at radius 1 is 1.50 bits per heavy atom. The lowest BCUT2D eigenvalue weighted by molar-refractivity contribution is 0.415. The minimum absolute atomic E-state index is 0.534. The number of aromatic nitrogens is 1. The molecular formula is C10H7ClN2O. The number of hydrogen-bond donors (Lipinski definition) is 1. The van der Waals surface area contributed by atoms with Gasteiger partial charge in [0.2, 0.25) is 0 Å². The van der Waals surface area contributed by atoms with E-state index in [-0.39, 0.29) is 0 Å². The van der Waals surface area contributed by atoms with Crippen LogP contribution in [0.5, 0.6) is 5.75 Å². The number of halogens is 1. The highest BCUT2D eigenvalue weighted by molar-refractivity contribution is 6.32. The number of nitriles is 1. The first kappa shape index (κ1) is 8.92. The maximum Gasteiger partial charge on any atom is 0.138 e. The Labute approximate surface area is 85.9 Å². The van der Waals surface area contributed by atoms with Crippen molar-refractivity contribution in [2.45, 2.75) is 0 Å². The fourth-order valence-electron chi connectivity index (χ4n) is 1.37. The van der Waals surface area contributed by atoms with Crippen molar-refractivity contribution in [3.63, 3.8) is 0 Å². The number of aromatic amines is 1. The fourth-order valence-corrected chi connectivity index (χ4v) is 1.61. The van der Waals surface area contributed by atoms with Gasteiger partial charge >= 0.3 is 0 Å². The maximum absolute atomic E-state index is 8.81. The van der Waals surface area contributed by atoms with Gasteiger partial charge in [0.1, 0.15) is 11.8 Å². The first-order valence-electron chi connectivity index (χ1n) is 4.01. The van der Waals surface area contributed by atoms with Crippen molar-refractivity contribution in [2.75, 3.05) is 7.11 Å². The lowest BCUT2D eigenvalue weighted by Gasteiger charge is -2.02. The number of hydrogen-bond acceptors (Lipinski definition) is 2. The van der Waals surface area contributed by atoms with E-state index in [9.17, 15) is 0 Å². The molecule has 0 aliphatic carbocycles. The van der Waals surface area contributed by atoms with Gasteiger partial charge in [-0.05, 0) is 12.1 Å². The van der Waals surface area contributed by atoms with Gasteiger partial charge in [-0.15, -0.1) is 0 Å². The predicted octanol–water partition coefficient (Wildman–Crippen LogP) is 2.70. The highest BCUT2D eigenvalue weighted by Gasteiger charge is 2.07. The average Bonchev–Trinajstić information content (AvgIpc) is 2.58. The highest BCUT2D eigenvalue weighted by atomic mass is 35.5. The molecule has 1 aromatic heterocycles. The predicted molar refractivity (Wildman–Crippen MR) is 54.6 cm³/mol. The normalized spacial score (nSPS) is 10.1. The molecule has 0 saturated carbocycles. The Balaban J connectivity index is 2.78. The van der Waals surface area contributed by atoms with Crippen molar-refractivity contribution < 1.29 is 4.74 Å². The molecule has 2 rings (SSSR count). The second-order valence-corrected chi connectivity index (χ2v) is 3.25. The molecule has 0 saturated heterocycles. The lowest BCUT2D eigenvalue weighted by atomic mass is 10.2. The van der Waals surface area contributed by atoms with E-state index >= 15 is 0 Å².